The summed E-state index contributed by atoms with van der Waals surface area (Å²) in [6.45, 7) is 3.16. The Hall–Kier alpha value is -2.11. The first kappa shape index (κ1) is 17.7. The molecular weight excluding hydrogens is 382 g/mol. The van der Waals surface area contributed by atoms with Crippen molar-refractivity contribution in [3.05, 3.63) is 52.8 Å². The Labute approximate surface area is 155 Å². The van der Waals surface area contributed by atoms with Crippen molar-refractivity contribution in [3.63, 3.8) is 0 Å². The maximum Gasteiger partial charge on any atom is 0.130 e. The zero-order valence-corrected chi connectivity index (χ0v) is 16.1. The molecule has 0 saturated heterocycles. The zero-order chi connectivity index (χ0) is 17.8. The van der Waals surface area contributed by atoms with E-state index in [4.69, 9.17) is 14.2 Å². The van der Waals surface area contributed by atoms with Crippen molar-refractivity contribution in [1.82, 2.24) is 4.98 Å². The molecule has 3 aromatic rings. The zero-order valence-electron chi connectivity index (χ0n) is 14.5. The highest BCUT2D eigenvalue weighted by atomic mass is 79.9. The van der Waals surface area contributed by atoms with E-state index in [-0.39, 0.29) is 0 Å². The van der Waals surface area contributed by atoms with Crippen LogP contribution in [-0.4, -0.2) is 25.8 Å². The maximum atomic E-state index is 5.67. The van der Waals surface area contributed by atoms with Gasteiger partial charge in [0.05, 0.1) is 26.4 Å². The average Bonchev–Trinajstić information content (AvgIpc) is 2.66. The van der Waals surface area contributed by atoms with Crippen molar-refractivity contribution in [3.8, 4) is 22.6 Å². The minimum absolute atomic E-state index is 0.520. The fourth-order valence-electron chi connectivity index (χ4n) is 2.91. The van der Waals surface area contributed by atoms with Gasteiger partial charge in [-0.3, -0.25) is 4.98 Å². The molecule has 0 spiro atoms. The van der Waals surface area contributed by atoms with Gasteiger partial charge >= 0.3 is 0 Å². The molecule has 4 nitrogen and oxygen atoms in total. The summed E-state index contributed by atoms with van der Waals surface area (Å²) < 4.78 is 17.9. The number of halogens is 1. The van der Waals surface area contributed by atoms with Gasteiger partial charge in [-0.15, -0.1) is 0 Å². The number of hydrogen-bond acceptors (Lipinski definition) is 4. The van der Waals surface area contributed by atoms with Gasteiger partial charge in [0.25, 0.3) is 0 Å². The lowest BCUT2D eigenvalue weighted by Crippen LogP contribution is -1.99. The molecule has 0 aliphatic heterocycles. The highest BCUT2D eigenvalue weighted by Gasteiger charge is 2.18. The Balaban J connectivity index is 2.25. The Morgan fingerprint density at radius 3 is 2.36 bits per heavy atom. The molecule has 0 saturated carbocycles. The van der Waals surface area contributed by atoms with Gasteiger partial charge in [-0.1, -0.05) is 22.0 Å². The topological polar surface area (TPSA) is 40.6 Å². The van der Waals surface area contributed by atoms with Crippen LogP contribution in [0.3, 0.4) is 0 Å². The third-order valence-electron chi connectivity index (χ3n) is 4.07. The Morgan fingerprint density at radius 1 is 1.00 bits per heavy atom. The van der Waals surface area contributed by atoms with Gasteiger partial charge < -0.3 is 14.2 Å². The van der Waals surface area contributed by atoms with Crippen LogP contribution in [0.25, 0.3) is 21.9 Å². The molecule has 3 rings (SSSR count). The van der Waals surface area contributed by atoms with Crippen LogP contribution >= 0.6 is 15.9 Å². The lowest BCUT2D eigenvalue weighted by Gasteiger charge is -2.17. The van der Waals surface area contributed by atoms with E-state index in [0.29, 0.717) is 13.2 Å². The Kier molecular flexibility index (Phi) is 5.56. The lowest BCUT2D eigenvalue weighted by molar-refractivity contribution is 0.133. The largest absolute Gasteiger partial charge is 0.496 e. The fraction of sp³-hybridized carbons (Fsp3) is 0.250. The number of nitrogens with zero attached hydrogens (tertiary/aromatic N) is 1. The van der Waals surface area contributed by atoms with Gasteiger partial charge in [0, 0.05) is 28.9 Å². The first-order chi connectivity index (χ1) is 12.2. The van der Waals surface area contributed by atoms with E-state index in [1.807, 2.05) is 37.4 Å². The maximum absolute atomic E-state index is 5.67. The first-order valence-electron chi connectivity index (χ1n) is 8.04. The molecule has 0 amide bonds. The Morgan fingerprint density at radius 2 is 1.72 bits per heavy atom. The number of ether oxygens (including phenoxy) is 3. The van der Waals surface area contributed by atoms with E-state index < -0.39 is 0 Å². The summed E-state index contributed by atoms with van der Waals surface area (Å²) in [7, 11) is 3.34. The van der Waals surface area contributed by atoms with Crippen LogP contribution in [0.1, 0.15) is 12.5 Å². The quantitative estimate of drug-likeness (QED) is 0.567. The van der Waals surface area contributed by atoms with E-state index in [0.717, 1.165) is 43.4 Å². The normalized spacial score (nSPS) is 10.9. The minimum Gasteiger partial charge on any atom is -0.496 e. The number of benzene rings is 2. The van der Waals surface area contributed by atoms with Crippen LogP contribution in [-0.2, 0) is 11.3 Å². The van der Waals surface area contributed by atoms with E-state index in [1.54, 1.807) is 20.4 Å². The summed E-state index contributed by atoms with van der Waals surface area (Å²) in [6.07, 6.45) is 3.65. The number of pyridine rings is 1. The summed E-state index contributed by atoms with van der Waals surface area (Å²) >= 11 is 3.61. The second-order valence-electron chi connectivity index (χ2n) is 5.53. The smallest absolute Gasteiger partial charge is 0.130 e. The van der Waals surface area contributed by atoms with Crippen LogP contribution < -0.4 is 9.47 Å². The summed E-state index contributed by atoms with van der Waals surface area (Å²) in [4.78, 5) is 4.29. The molecule has 0 aliphatic carbocycles. The predicted octanol–water partition coefficient (Wildman–Crippen LogP) is 5.22. The summed E-state index contributed by atoms with van der Waals surface area (Å²) in [5.41, 5.74) is 2.94. The standard InChI is InChI=1S/C20H20BrNO3/c1-4-25-12-13-9-18(23-2)20(19(10-13)24-3)15-5-6-17(21)14-7-8-22-11-16(14)15/h5-11H,4,12H2,1-3H3. The molecule has 0 unspecified atom stereocenters. The molecule has 1 aromatic heterocycles. The molecule has 130 valence electrons. The number of rotatable bonds is 6. The van der Waals surface area contributed by atoms with Gasteiger partial charge in [-0.2, -0.15) is 0 Å². The van der Waals surface area contributed by atoms with Gasteiger partial charge in [0.15, 0.2) is 0 Å². The lowest BCUT2D eigenvalue weighted by atomic mass is 9.96. The van der Waals surface area contributed by atoms with E-state index in [2.05, 4.69) is 27.0 Å². The molecule has 0 N–H and O–H groups in total. The van der Waals surface area contributed by atoms with Crippen molar-refractivity contribution in [2.75, 3.05) is 20.8 Å². The fourth-order valence-corrected chi connectivity index (χ4v) is 3.38. The van der Waals surface area contributed by atoms with Crippen molar-refractivity contribution in [2.45, 2.75) is 13.5 Å². The second-order valence-corrected chi connectivity index (χ2v) is 6.38. The highest BCUT2D eigenvalue weighted by Crippen LogP contribution is 2.43. The van der Waals surface area contributed by atoms with Crippen LogP contribution in [0.15, 0.2) is 47.2 Å². The molecule has 1 heterocycles. The Bertz CT molecular complexity index is 870. The summed E-state index contributed by atoms with van der Waals surface area (Å²) in [5.74, 6) is 1.50. The van der Waals surface area contributed by atoms with Gasteiger partial charge in [0.1, 0.15) is 11.5 Å². The molecule has 2 aromatic carbocycles. The van der Waals surface area contributed by atoms with Crippen molar-refractivity contribution < 1.29 is 14.2 Å². The SMILES string of the molecule is CCOCc1cc(OC)c(-c2ccc(Br)c3ccncc23)c(OC)c1. The van der Waals surface area contributed by atoms with Gasteiger partial charge in [-0.25, -0.2) is 0 Å². The predicted molar refractivity (Wildman–Crippen MR) is 103 cm³/mol. The van der Waals surface area contributed by atoms with E-state index in [1.165, 1.54) is 0 Å². The van der Waals surface area contributed by atoms with E-state index in [9.17, 15) is 0 Å². The second kappa shape index (κ2) is 7.85. The number of aromatic nitrogens is 1. The van der Waals surface area contributed by atoms with E-state index >= 15 is 0 Å². The molecule has 25 heavy (non-hydrogen) atoms. The van der Waals surface area contributed by atoms with Crippen LogP contribution in [0.2, 0.25) is 0 Å². The van der Waals surface area contributed by atoms with Gasteiger partial charge in [0.2, 0.25) is 0 Å². The van der Waals surface area contributed by atoms with Crippen LogP contribution in [0.4, 0.5) is 0 Å². The number of hydrogen-bond donors (Lipinski definition) is 0. The first-order valence-corrected chi connectivity index (χ1v) is 8.84. The molecule has 0 aliphatic rings. The molecule has 0 atom stereocenters. The minimum atomic E-state index is 0.520. The number of methoxy groups -OCH3 is 2. The van der Waals surface area contributed by atoms with Crippen LogP contribution in [0, 0.1) is 0 Å². The van der Waals surface area contributed by atoms with Crippen LogP contribution in [0.5, 0.6) is 11.5 Å². The van der Waals surface area contributed by atoms with Crippen molar-refractivity contribution in [2.24, 2.45) is 0 Å². The van der Waals surface area contributed by atoms with Crippen molar-refractivity contribution >= 4 is 26.7 Å². The molecule has 0 radical (unpaired) electrons. The van der Waals surface area contributed by atoms with Gasteiger partial charge in [-0.05, 0) is 47.7 Å². The molecule has 0 fully saturated rings. The number of fused-ring (bicyclic) bond motifs is 1. The monoisotopic (exact) mass is 401 g/mol. The molecule has 5 heteroatoms. The summed E-state index contributed by atoms with van der Waals surface area (Å²) in [6, 6.07) is 10.1. The highest BCUT2D eigenvalue weighted by molar-refractivity contribution is 9.10. The summed E-state index contributed by atoms with van der Waals surface area (Å²) in [5, 5.41) is 2.13. The third kappa shape index (κ3) is 3.48. The molecular formula is C20H20BrNO3. The molecule has 0 bridgehead atoms. The third-order valence-corrected chi connectivity index (χ3v) is 4.76. The average molecular weight is 402 g/mol. The van der Waals surface area contributed by atoms with Crippen molar-refractivity contribution in [1.29, 1.82) is 0 Å².